The Morgan fingerprint density at radius 3 is 2.68 bits per heavy atom. The lowest BCUT2D eigenvalue weighted by Crippen LogP contribution is -2.42. The first kappa shape index (κ1) is 14.5. The summed E-state index contributed by atoms with van der Waals surface area (Å²) in [6.45, 7) is 3.30. The van der Waals surface area contributed by atoms with E-state index in [9.17, 15) is 9.18 Å². The van der Waals surface area contributed by atoms with Crippen molar-refractivity contribution in [3.05, 3.63) is 34.1 Å². The molecule has 1 amide bonds. The lowest BCUT2D eigenvalue weighted by atomic mass is 9.90. The summed E-state index contributed by atoms with van der Waals surface area (Å²) in [7, 11) is 0. The molecule has 1 aromatic carbocycles. The van der Waals surface area contributed by atoms with Gasteiger partial charge in [0, 0.05) is 19.1 Å². The Labute approximate surface area is 121 Å². The summed E-state index contributed by atoms with van der Waals surface area (Å²) in [4.78, 5) is 14.0. The van der Waals surface area contributed by atoms with Crippen LogP contribution >= 0.6 is 15.9 Å². The zero-order valence-corrected chi connectivity index (χ0v) is 12.5. The summed E-state index contributed by atoms with van der Waals surface area (Å²) in [6.07, 6.45) is 1.78. The molecule has 1 aliphatic rings. The van der Waals surface area contributed by atoms with E-state index >= 15 is 0 Å². The monoisotopic (exact) mass is 328 g/mol. The normalized spacial score (nSPS) is 18.4. The van der Waals surface area contributed by atoms with Crippen molar-refractivity contribution in [3.63, 3.8) is 0 Å². The maximum atomic E-state index is 13.9. The number of carbonyl (C=O) groups is 1. The Morgan fingerprint density at radius 2 is 2.11 bits per heavy atom. The lowest BCUT2D eigenvalue weighted by Gasteiger charge is -2.33. The highest BCUT2D eigenvalue weighted by molar-refractivity contribution is 9.10. The van der Waals surface area contributed by atoms with Gasteiger partial charge in [0.15, 0.2) is 0 Å². The third-order valence-corrected chi connectivity index (χ3v) is 4.36. The van der Waals surface area contributed by atoms with Crippen LogP contribution in [-0.4, -0.2) is 29.9 Å². The van der Waals surface area contributed by atoms with Crippen LogP contribution < -0.4 is 5.73 Å². The molecule has 104 valence electrons. The minimum absolute atomic E-state index is 0.133. The van der Waals surface area contributed by atoms with Gasteiger partial charge in [-0.05, 0) is 53.7 Å². The van der Waals surface area contributed by atoms with Crippen molar-refractivity contribution in [2.75, 3.05) is 13.1 Å². The molecule has 0 bridgehead atoms. The van der Waals surface area contributed by atoms with Crippen molar-refractivity contribution >= 4 is 21.8 Å². The maximum absolute atomic E-state index is 13.9. The maximum Gasteiger partial charge on any atom is 0.256 e. The molecular weight excluding hydrogens is 311 g/mol. The zero-order valence-electron chi connectivity index (χ0n) is 10.9. The van der Waals surface area contributed by atoms with E-state index in [1.165, 1.54) is 6.07 Å². The van der Waals surface area contributed by atoms with Gasteiger partial charge in [-0.3, -0.25) is 4.79 Å². The molecule has 1 aliphatic heterocycles. The van der Waals surface area contributed by atoms with Crippen molar-refractivity contribution in [1.29, 1.82) is 0 Å². The molecule has 1 aromatic rings. The third-order valence-electron chi connectivity index (χ3n) is 3.75. The predicted molar refractivity (Wildman–Crippen MR) is 76.4 cm³/mol. The number of rotatable bonds is 2. The topological polar surface area (TPSA) is 46.3 Å². The molecule has 2 rings (SSSR count). The molecule has 19 heavy (non-hydrogen) atoms. The Morgan fingerprint density at radius 1 is 1.47 bits per heavy atom. The van der Waals surface area contributed by atoms with Gasteiger partial charge in [-0.1, -0.05) is 6.07 Å². The number of piperidine rings is 1. The van der Waals surface area contributed by atoms with Crippen LogP contribution in [0.15, 0.2) is 22.7 Å². The molecule has 3 nitrogen and oxygen atoms in total. The van der Waals surface area contributed by atoms with Gasteiger partial charge in [0.05, 0.1) is 10.0 Å². The molecule has 0 aromatic heterocycles. The molecule has 1 atom stereocenters. The average Bonchev–Trinajstić information content (AvgIpc) is 2.41. The first-order chi connectivity index (χ1) is 9.00. The van der Waals surface area contributed by atoms with Crippen molar-refractivity contribution < 1.29 is 9.18 Å². The number of benzene rings is 1. The molecule has 5 heteroatoms. The molecule has 0 saturated carbocycles. The molecule has 2 N–H and O–H groups in total. The van der Waals surface area contributed by atoms with Gasteiger partial charge in [0.2, 0.25) is 0 Å². The van der Waals surface area contributed by atoms with Crippen LogP contribution in [0.5, 0.6) is 0 Å². The summed E-state index contributed by atoms with van der Waals surface area (Å²) >= 11 is 3.10. The molecule has 1 saturated heterocycles. The average molecular weight is 329 g/mol. The second kappa shape index (κ2) is 6.01. The standard InChI is InChI=1S/C14H18BrFN2O/c1-9(17)10-5-7-18(8-6-10)14(19)11-3-2-4-12(15)13(11)16/h2-4,9-10H,5-8,17H2,1H3. The van der Waals surface area contributed by atoms with Gasteiger partial charge in [0.1, 0.15) is 5.82 Å². The van der Waals surface area contributed by atoms with Crippen LogP contribution in [0.3, 0.4) is 0 Å². The fourth-order valence-corrected chi connectivity index (χ4v) is 2.83. The number of carbonyl (C=O) groups excluding carboxylic acids is 1. The highest BCUT2D eigenvalue weighted by Gasteiger charge is 2.27. The second-order valence-corrected chi connectivity index (χ2v) is 5.94. The molecule has 0 aliphatic carbocycles. The predicted octanol–water partition coefficient (Wildman–Crippen LogP) is 2.79. The molecule has 1 unspecified atom stereocenters. The largest absolute Gasteiger partial charge is 0.339 e. The van der Waals surface area contributed by atoms with E-state index in [4.69, 9.17) is 5.73 Å². The summed E-state index contributed by atoms with van der Waals surface area (Å²) < 4.78 is 14.2. The van der Waals surface area contributed by atoms with Gasteiger partial charge in [-0.15, -0.1) is 0 Å². The zero-order chi connectivity index (χ0) is 14.0. The van der Waals surface area contributed by atoms with Gasteiger partial charge in [-0.2, -0.15) is 0 Å². The quantitative estimate of drug-likeness (QED) is 0.907. The minimum atomic E-state index is -0.484. The fourth-order valence-electron chi connectivity index (χ4n) is 2.47. The van der Waals surface area contributed by atoms with Crippen LogP contribution in [0.4, 0.5) is 4.39 Å². The summed E-state index contributed by atoms with van der Waals surface area (Å²) in [5, 5.41) is 0. The van der Waals surface area contributed by atoms with Crippen LogP contribution in [0, 0.1) is 11.7 Å². The van der Waals surface area contributed by atoms with E-state index in [1.807, 2.05) is 6.92 Å². The van der Waals surface area contributed by atoms with Crippen molar-refractivity contribution in [1.82, 2.24) is 4.90 Å². The second-order valence-electron chi connectivity index (χ2n) is 5.09. The summed E-state index contributed by atoms with van der Waals surface area (Å²) in [6, 6.07) is 4.95. The number of likely N-dealkylation sites (tertiary alicyclic amines) is 1. The van der Waals surface area contributed by atoms with Crippen LogP contribution in [0.25, 0.3) is 0 Å². The molecular formula is C14H18BrFN2O. The first-order valence-corrected chi connectivity index (χ1v) is 7.29. The summed E-state index contributed by atoms with van der Waals surface area (Å²) in [5.74, 6) is -0.264. The van der Waals surface area contributed by atoms with Gasteiger partial charge >= 0.3 is 0 Å². The SMILES string of the molecule is CC(N)C1CCN(C(=O)c2cccc(Br)c2F)CC1. The van der Waals surface area contributed by atoms with E-state index in [0.29, 0.717) is 23.5 Å². The van der Waals surface area contributed by atoms with Gasteiger partial charge in [0.25, 0.3) is 5.91 Å². The number of nitrogens with two attached hydrogens (primary N) is 1. The smallest absolute Gasteiger partial charge is 0.256 e. The molecule has 1 heterocycles. The van der Waals surface area contributed by atoms with E-state index in [-0.39, 0.29) is 17.5 Å². The highest BCUT2D eigenvalue weighted by Crippen LogP contribution is 2.24. The van der Waals surface area contributed by atoms with Crippen molar-refractivity contribution in [2.45, 2.75) is 25.8 Å². The molecule has 1 fully saturated rings. The number of nitrogens with zero attached hydrogens (tertiary/aromatic N) is 1. The fraction of sp³-hybridized carbons (Fsp3) is 0.500. The number of halogens is 2. The van der Waals surface area contributed by atoms with E-state index < -0.39 is 5.82 Å². The Hall–Kier alpha value is -0.940. The van der Waals surface area contributed by atoms with Crippen molar-refractivity contribution in [3.8, 4) is 0 Å². The first-order valence-electron chi connectivity index (χ1n) is 6.49. The Balaban J connectivity index is 2.07. The van der Waals surface area contributed by atoms with Gasteiger partial charge in [-0.25, -0.2) is 4.39 Å². The Kier molecular flexibility index (Phi) is 4.58. The van der Waals surface area contributed by atoms with Crippen LogP contribution in [0.2, 0.25) is 0 Å². The number of hydrogen-bond donors (Lipinski definition) is 1. The van der Waals surface area contributed by atoms with E-state index in [1.54, 1.807) is 17.0 Å². The lowest BCUT2D eigenvalue weighted by molar-refractivity contribution is 0.0676. The van der Waals surface area contributed by atoms with E-state index in [2.05, 4.69) is 15.9 Å². The Bertz CT molecular complexity index is 471. The van der Waals surface area contributed by atoms with Crippen LogP contribution in [0.1, 0.15) is 30.1 Å². The molecule has 0 spiro atoms. The van der Waals surface area contributed by atoms with E-state index in [0.717, 1.165) is 12.8 Å². The minimum Gasteiger partial charge on any atom is -0.339 e. The van der Waals surface area contributed by atoms with Gasteiger partial charge < -0.3 is 10.6 Å². The van der Waals surface area contributed by atoms with Crippen LogP contribution in [-0.2, 0) is 0 Å². The molecule has 0 radical (unpaired) electrons. The number of hydrogen-bond acceptors (Lipinski definition) is 2. The van der Waals surface area contributed by atoms with Crippen molar-refractivity contribution in [2.24, 2.45) is 11.7 Å². The number of amides is 1. The third kappa shape index (κ3) is 3.15. The highest BCUT2D eigenvalue weighted by atomic mass is 79.9. The summed E-state index contributed by atoms with van der Waals surface area (Å²) in [5.41, 5.74) is 6.01.